The van der Waals surface area contributed by atoms with Gasteiger partial charge in [-0.1, -0.05) is 0 Å². The Morgan fingerprint density at radius 3 is 2.89 bits per heavy atom. The van der Waals surface area contributed by atoms with Gasteiger partial charge in [0.2, 0.25) is 0 Å². The molecule has 1 aliphatic rings. The van der Waals surface area contributed by atoms with Crippen molar-refractivity contribution < 1.29 is 19.7 Å². The van der Waals surface area contributed by atoms with E-state index < -0.39 is 34.6 Å². The van der Waals surface area contributed by atoms with Crippen molar-refractivity contribution in [1.29, 1.82) is 5.26 Å². The monoisotopic (exact) mass is 385 g/mol. The SMILES string of the molecule is C=C(S[C]1=[In][N](C#N)C=C1OC(O)(O)CC)C(N)=O. The number of carbonyl (C=O) groups is 1. The van der Waals surface area contributed by atoms with Crippen LogP contribution in [0, 0.1) is 11.5 Å². The second-order valence-electron chi connectivity index (χ2n) is 3.58. The normalized spacial score (nSPS) is 14.1. The van der Waals surface area contributed by atoms with E-state index in [0.29, 0.717) is 2.59 Å². The molecule has 0 saturated carbocycles. The van der Waals surface area contributed by atoms with Gasteiger partial charge in [-0.05, 0) is 0 Å². The van der Waals surface area contributed by atoms with Gasteiger partial charge in [0.05, 0.1) is 0 Å². The fourth-order valence-corrected chi connectivity index (χ4v) is 6.33. The number of rotatable bonds is 6. The number of hydrogen-bond acceptors (Lipinski definition) is 7. The molecule has 1 rings (SSSR count). The van der Waals surface area contributed by atoms with E-state index in [0.717, 1.165) is 11.8 Å². The van der Waals surface area contributed by atoms with Crippen molar-refractivity contribution in [1.82, 2.24) is 2.89 Å². The van der Waals surface area contributed by atoms with Crippen LogP contribution in [0.1, 0.15) is 13.3 Å². The van der Waals surface area contributed by atoms with Gasteiger partial charge in [0, 0.05) is 0 Å². The summed E-state index contributed by atoms with van der Waals surface area (Å²) in [6.07, 6.45) is 3.30. The molecule has 0 aromatic rings. The summed E-state index contributed by atoms with van der Waals surface area (Å²) in [5.74, 6) is -2.79. The third-order valence-corrected chi connectivity index (χ3v) is 7.73. The zero-order valence-corrected chi connectivity index (χ0v) is 14.3. The van der Waals surface area contributed by atoms with E-state index in [-0.39, 0.29) is 17.1 Å². The first-order chi connectivity index (χ1) is 8.79. The van der Waals surface area contributed by atoms with Gasteiger partial charge in [0.25, 0.3) is 0 Å². The number of primary amides is 1. The molecule has 19 heavy (non-hydrogen) atoms. The van der Waals surface area contributed by atoms with Crippen LogP contribution in [0.3, 0.4) is 0 Å². The van der Waals surface area contributed by atoms with Crippen molar-refractivity contribution in [3.8, 4) is 6.19 Å². The van der Waals surface area contributed by atoms with Crippen molar-refractivity contribution in [2.24, 2.45) is 5.73 Å². The zero-order chi connectivity index (χ0) is 14.6. The quantitative estimate of drug-likeness (QED) is 0.310. The number of aliphatic hydroxyl groups is 2. The fraction of sp³-hybridized carbons (Fsp3) is 0.300. The summed E-state index contributed by atoms with van der Waals surface area (Å²) >= 11 is -0.660. The molecule has 0 saturated heterocycles. The van der Waals surface area contributed by atoms with Gasteiger partial charge in [0.15, 0.2) is 0 Å². The Hall–Kier alpha value is -0.950. The molecule has 1 aliphatic heterocycles. The number of hydrogen-bond donors (Lipinski definition) is 3. The van der Waals surface area contributed by atoms with Crippen LogP contribution in [0.15, 0.2) is 23.4 Å². The molecule has 4 N–H and O–H groups in total. The Kier molecular flexibility index (Phi) is 5.49. The number of nitriles is 1. The molecular weight excluding hydrogens is 373 g/mol. The molecule has 0 unspecified atom stereocenters. The van der Waals surface area contributed by atoms with Gasteiger partial charge in [-0.25, -0.2) is 0 Å². The van der Waals surface area contributed by atoms with E-state index in [2.05, 4.69) is 6.58 Å². The van der Waals surface area contributed by atoms with Gasteiger partial charge in [0.1, 0.15) is 0 Å². The van der Waals surface area contributed by atoms with E-state index in [1.54, 1.807) is 0 Å². The molecular formula is C10H12InN3O4S. The third kappa shape index (κ3) is 4.58. The minimum atomic E-state index is -2.31. The molecule has 7 nitrogen and oxygen atoms in total. The Balaban J connectivity index is 2.90. The fourth-order valence-electron chi connectivity index (χ4n) is 1.06. The molecule has 0 aromatic carbocycles. The van der Waals surface area contributed by atoms with Gasteiger partial charge in [-0.2, -0.15) is 0 Å². The molecule has 1 amide bonds. The summed E-state index contributed by atoms with van der Waals surface area (Å²) in [5.41, 5.74) is 5.09. The Bertz CT molecular complexity index is 509. The molecule has 1 heterocycles. The predicted molar refractivity (Wildman–Crippen MR) is 70.8 cm³/mol. The topological polar surface area (TPSA) is 120 Å². The van der Waals surface area contributed by atoms with E-state index in [9.17, 15) is 15.0 Å². The first kappa shape index (κ1) is 16.1. The summed E-state index contributed by atoms with van der Waals surface area (Å²) in [6.45, 7) is 5.04. The van der Waals surface area contributed by atoms with Crippen molar-refractivity contribution >= 4 is 43.0 Å². The van der Waals surface area contributed by atoms with Crippen LogP contribution < -0.4 is 5.73 Å². The van der Waals surface area contributed by atoms with Gasteiger partial charge >= 0.3 is 126 Å². The number of nitrogens with zero attached hydrogens (tertiary/aromatic N) is 2. The Labute approximate surface area is 125 Å². The van der Waals surface area contributed by atoms with Gasteiger partial charge < -0.3 is 0 Å². The van der Waals surface area contributed by atoms with Crippen molar-refractivity contribution in [3.05, 3.63) is 23.4 Å². The first-order valence-corrected chi connectivity index (χ1v) is 9.15. The molecule has 0 fully saturated rings. The van der Waals surface area contributed by atoms with Crippen molar-refractivity contribution in [2.45, 2.75) is 19.3 Å². The summed E-state index contributed by atoms with van der Waals surface area (Å²) < 4.78 is 7.10. The summed E-state index contributed by atoms with van der Waals surface area (Å²) in [4.78, 5) is 11.1. The zero-order valence-electron chi connectivity index (χ0n) is 10.2. The number of amides is 1. The summed E-state index contributed by atoms with van der Waals surface area (Å²) in [6, 6.07) is 0. The van der Waals surface area contributed by atoms with Crippen LogP contribution in [-0.4, -0.2) is 50.3 Å². The third-order valence-electron chi connectivity index (χ3n) is 2.11. The van der Waals surface area contributed by atoms with Crippen LogP contribution in [0.2, 0.25) is 0 Å². The molecule has 0 bridgehead atoms. The van der Waals surface area contributed by atoms with Crippen molar-refractivity contribution in [3.63, 3.8) is 0 Å². The average Bonchev–Trinajstić information content (AvgIpc) is 2.71. The van der Waals surface area contributed by atoms with Crippen molar-refractivity contribution in [2.75, 3.05) is 0 Å². The average molecular weight is 385 g/mol. The molecule has 100 valence electrons. The van der Waals surface area contributed by atoms with E-state index in [1.165, 1.54) is 16.0 Å². The van der Waals surface area contributed by atoms with Gasteiger partial charge in [-0.3, -0.25) is 0 Å². The number of thioether (sulfide) groups is 1. The second kappa shape index (κ2) is 6.47. The number of ether oxygens (including phenoxy) is 1. The molecule has 0 aliphatic carbocycles. The molecule has 0 spiro atoms. The maximum absolute atomic E-state index is 11.0. The Morgan fingerprint density at radius 2 is 2.42 bits per heavy atom. The summed E-state index contributed by atoms with van der Waals surface area (Å²) in [7, 11) is 0. The maximum atomic E-state index is 11.0. The van der Waals surface area contributed by atoms with E-state index in [1.807, 2.05) is 6.19 Å². The second-order valence-corrected chi connectivity index (χ2v) is 9.89. The standard InChI is InChI=1S/C10H13N3O4S.In/c1-3-10(15,16)17-8(4-13-6-11)5-18-7(2)9(12)14;/h4,11,15-16H,2-3H2,1H3,(H2,12,14);/q;+1/p-1. The molecule has 0 aromatic heterocycles. The number of nitrogens with two attached hydrogens (primary N) is 1. The molecule has 9 heteroatoms. The van der Waals surface area contributed by atoms with Crippen LogP contribution in [0.4, 0.5) is 0 Å². The van der Waals surface area contributed by atoms with Crippen LogP contribution in [0.5, 0.6) is 0 Å². The van der Waals surface area contributed by atoms with Gasteiger partial charge in [-0.15, -0.1) is 0 Å². The van der Waals surface area contributed by atoms with Crippen LogP contribution in [-0.2, 0) is 9.53 Å². The molecule has 0 atom stereocenters. The number of carbonyl (C=O) groups excluding carboxylic acids is 1. The molecule has 0 radical (unpaired) electrons. The first-order valence-electron chi connectivity index (χ1n) is 5.21. The predicted octanol–water partition coefficient (Wildman–Crippen LogP) is -0.829. The summed E-state index contributed by atoms with van der Waals surface area (Å²) in [5, 5.41) is 27.8. The minimum absolute atomic E-state index is 0.0428. The van der Waals surface area contributed by atoms with E-state index in [4.69, 9.17) is 15.7 Å². The van der Waals surface area contributed by atoms with Crippen LogP contribution in [0.25, 0.3) is 0 Å². The Morgan fingerprint density at radius 1 is 1.79 bits per heavy atom. The van der Waals surface area contributed by atoms with Crippen LogP contribution >= 0.6 is 11.8 Å². The van der Waals surface area contributed by atoms with E-state index >= 15 is 0 Å².